The lowest BCUT2D eigenvalue weighted by molar-refractivity contribution is 0.428. The number of imidazole rings is 1. The Morgan fingerprint density at radius 3 is 2.74 bits per heavy atom. The van der Waals surface area contributed by atoms with Gasteiger partial charge < -0.3 is 4.57 Å². The zero-order valence-electron chi connectivity index (χ0n) is 11.9. The van der Waals surface area contributed by atoms with Crippen LogP contribution < -0.4 is 0 Å². The van der Waals surface area contributed by atoms with Crippen molar-refractivity contribution in [2.75, 3.05) is 0 Å². The van der Waals surface area contributed by atoms with E-state index in [2.05, 4.69) is 36.6 Å². The number of halogens is 1. The van der Waals surface area contributed by atoms with Gasteiger partial charge in [0.1, 0.15) is 5.82 Å². The molecule has 1 aliphatic rings. The first-order chi connectivity index (χ1) is 9.06. The molecule has 1 fully saturated rings. The molecular formula is C16H21ClN2. The number of aromatic nitrogens is 2. The van der Waals surface area contributed by atoms with E-state index in [9.17, 15) is 0 Å². The molecule has 0 spiro atoms. The molecule has 102 valence electrons. The SMILES string of the molecule is Cc1ccc2nc(C(C)Cl)n(CC(C)C3CC3)c2c1. The molecule has 0 bridgehead atoms. The van der Waals surface area contributed by atoms with E-state index in [1.165, 1.54) is 23.9 Å². The van der Waals surface area contributed by atoms with Gasteiger partial charge in [-0.2, -0.15) is 0 Å². The number of hydrogen-bond donors (Lipinski definition) is 0. The summed E-state index contributed by atoms with van der Waals surface area (Å²) in [7, 11) is 0. The average Bonchev–Trinajstić information content (AvgIpc) is 3.14. The van der Waals surface area contributed by atoms with Gasteiger partial charge in [0, 0.05) is 6.54 Å². The van der Waals surface area contributed by atoms with Gasteiger partial charge >= 0.3 is 0 Å². The standard InChI is InChI=1S/C16H21ClN2/c1-10-4-7-14-15(8-10)19(16(18-14)12(3)17)9-11(2)13-5-6-13/h4,7-8,11-13H,5-6,9H2,1-3H3. The first-order valence-corrected chi connectivity index (χ1v) is 7.60. The topological polar surface area (TPSA) is 17.8 Å². The summed E-state index contributed by atoms with van der Waals surface area (Å²) in [6.45, 7) is 7.53. The fourth-order valence-corrected chi connectivity index (χ4v) is 3.02. The summed E-state index contributed by atoms with van der Waals surface area (Å²) in [6.07, 6.45) is 2.77. The molecule has 2 aromatic rings. The number of fused-ring (bicyclic) bond motifs is 1. The molecule has 1 aliphatic carbocycles. The first kappa shape index (κ1) is 13.0. The summed E-state index contributed by atoms with van der Waals surface area (Å²) in [6, 6.07) is 6.45. The van der Waals surface area contributed by atoms with Gasteiger partial charge in [0.05, 0.1) is 16.4 Å². The molecule has 0 amide bonds. The fraction of sp³-hybridized carbons (Fsp3) is 0.562. The Kier molecular flexibility index (Phi) is 3.30. The predicted octanol–water partition coefficient (Wildman–Crippen LogP) is 4.69. The van der Waals surface area contributed by atoms with Crippen molar-refractivity contribution in [1.82, 2.24) is 9.55 Å². The van der Waals surface area contributed by atoms with Crippen molar-refractivity contribution < 1.29 is 0 Å². The smallest absolute Gasteiger partial charge is 0.127 e. The number of nitrogens with zero attached hydrogens (tertiary/aromatic N) is 2. The highest BCUT2D eigenvalue weighted by molar-refractivity contribution is 6.20. The Morgan fingerprint density at radius 2 is 2.11 bits per heavy atom. The first-order valence-electron chi connectivity index (χ1n) is 7.17. The highest BCUT2D eigenvalue weighted by Gasteiger charge is 2.29. The second-order valence-corrected chi connectivity index (χ2v) is 6.66. The van der Waals surface area contributed by atoms with Crippen LogP contribution in [0.5, 0.6) is 0 Å². The summed E-state index contributed by atoms with van der Waals surface area (Å²) < 4.78 is 2.34. The normalized spacial score (nSPS) is 18.7. The van der Waals surface area contributed by atoms with E-state index in [0.29, 0.717) is 5.92 Å². The van der Waals surface area contributed by atoms with Crippen molar-refractivity contribution in [3.63, 3.8) is 0 Å². The van der Waals surface area contributed by atoms with E-state index in [-0.39, 0.29) is 5.38 Å². The number of aryl methyl sites for hydroxylation is 1. The van der Waals surface area contributed by atoms with Gasteiger partial charge in [0.25, 0.3) is 0 Å². The molecule has 1 aromatic carbocycles. The molecule has 2 unspecified atom stereocenters. The lowest BCUT2D eigenvalue weighted by Gasteiger charge is -2.15. The molecule has 2 atom stereocenters. The Hall–Kier alpha value is -1.02. The lowest BCUT2D eigenvalue weighted by Crippen LogP contribution is -2.12. The minimum absolute atomic E-state index is 0.0425. The average molecular weight is 277 g/mol. The summed E-state index contributed by atoms with van der Waals surface area (Å²) in [5, 5.41) is -0.0425. The lowest BCUT2D eigenvalue weighted by atomic mass is 10.1. The van der Waals surface area contributed by atoms with Crippen molar-refractivity contribution in [2.24, 2.45) is 11.8 Å². The van der Waals surface area contributed by atoms with Crippen LogP contribution in [0.2, 0.25) is 0 Å². The molecular weight excluding hydrogens is 256 g/mol. The molecule has 0 saturated heterocycles. The van der Waals surface area contributed by atoms with E-state index in [0.717, 1.165) is 23.8 Å². The van der Waals surface area contributed by atoms with Gasteiger partial charge in [0.2, 0.25) is 0 Å². The van der Waals surface area contributed by atoms with Gasteiger partial charge in [-0.1, -0.05) is 13.0 Å². The van der Waals surface area contributed by atoms with Gasteiger partial charge in [-0.15, -0.1) is 11.6 Å². The van der Waals surface area contributed by atoms with Crippen LogP contribution in [-0.2, 0) is 6.54 Å². The number of alkyl halides is 1. The van der Waals surface area contributed by atoms with Crippen LogP contribution in [0.1, 0.15) is 43.5 Å². The Balaban J connectivity index is 2.06. The summed E-state index contributed by atoms with van der Waals surface area (Å²) >= 11 is 6.31. The summed E-state index contributed by atoms with van der Waals surface area (Å²) in [5.74, 6) is 2.63. The van der Waals surface area contributed by atoms with Crippen molar-refractivity contribution in [3.05, 3.63) is 29.6 Å². The quantitative estimate of drug-likeness (QED) is 0.741. The summed E-state index contributed by atoms with van der Waals surface area (Å²) in [4.78, 5) is 4.72. The van der Waals surface area contributed by atoms with Crippen LogP contribution in [0.15, 0.2) is 18.2 Å². The molecule has 1 saturated carbocycles. The van der Waals surface area contributed by atoms with Crippen molar-refractivity contribution in [1.29, 1.82) is 0 Å². The Labute approximate surface area is 119 Å². The van der Waals surface area contributed by atoms with Crippen LogP contribution in [0.4, 0.5) is 0 Å². The van der Waals surface area contributed by atoms with Gasteiger partial charge in [-0.25, -0.2) is 4.98 Å². The van der Waals surface area contributed by atoms with Crippen LogP contribution in [0.25, 0.3) is 11.0 Å². The Morgan fingerprint density at radius 1 is 1.37 bits per heavy atom. The van der Waals surface area contributed by atoms with E-state index in [1.807, 2.05) is 6.92 Å². The monoisotopic (exact) mass is 276 g/mol. The van der Waals surface area contributed by atoms with Gasteiger partial charge in [0.15, 0.2) is 0 Å². The van der Waals surface area contributed by atoms with Gasteiger partial charge in [-0.05, 0) is 56.2 Å². The third kappa shape index (κ3) is 2.51. The van der Waals surface area contributed by atoms with E-state index >= 15 is 0 Å². The molecule has 0 N–H and O–H groups in total. The zero-order valence-corrected chi connectivity index (χ0v) is 12.6. The number of rotatable bonds is 4. The molecule has 19 heavy (non-hydrogen) atoms. The molecule has 3 rings (SSSR count). The number of hydrogen-bond acceptors (Lipinski definition) is 1. The van der Waals surface area contributed by atoms with E-state index in [4.69, 9.17) is 16.6 Å². The second kappa shape index (κ2) is 4.82. The van der Waals surface area contributed by atoms with Crippen LogP contribution >= 0.6 is 11.6 Å². The van der Waals surface area contributed by atoms with Crippen molar-refractivity contribution >= 4 is 22.6 Å². The van der Waals surface area contributed by atoms with Gasteiger partial charge in [-0.3, -0.25) is 0 Å². The number of benzene rings is 1. The minimum Gasteiger partial charge on any atom is -0.326 e. The molecule has 2 nitrogen and oxygen atoms in total. The van der Waals surface area contributed by atoms with Crippen LogP contribution in [-0.4, -0.2) is 9.55 Å². The summed E-state index contributed by atoms with van der Waals surface area (Å²) in [5.41, 5.74) is 3.58. The predicted molar refractivity (Wildman–Crippen MR) is 80.6 cm³/mol. The van der Waals surface area contributed by atoms with Crippen LogP contribution in [0.3, 0.4) is 0 Å². The van der Waals surface area contributed by atoms with Crippen molar-refractivity contribution in [2.45, 2.75) is 45.5 Å². The maximum atomic E-state index is 6.31. The Bertz CT molecular complexity index is 596. The second-order valence-electron chi connectivity index (χ2n) is 6.00. The minimum atomic E-state index is -0.0425. The molecule has 1 heterocycles. The van der Waals surface area contributed by atoms with E-state index in [1.54, 1.807) is 0 Å². The van der Waals surface area contributed by atoms with E-state index < -0.39 is 0 Å². The molecule has 0 radical (unpaired) electrons. The third-order valence-corrected chi connectivity index (χ3v) is 4.38. The molecule has 1 aromatic heterocycles. The van der Waals surface area contributed by atoms with Crippen molar-refractivity contribution in [3.8, 4) is 0 Å². The zero-order chi connectivity index (χ0) is 13.6. The largest absolute Gasteiger partial charge is 0.326 e. The fourth-order valence-electron chi connectivity index (χ4n) is 2.85. The van der Waals surface area contributed by atoms with Crippen LogP contribution in [0, 0.1) is 18.8 Å². The highest BCUT2D eigenvalue weighted by atomic mass is 35.5. The maximum absolute atomic E-state index is 6.31. The maximum Gasteiger partial charge on any atom is 0.127 e. The molecule has 0 aliphatic heterocycles. The highest BCUT2D eigenvalue weighted by Crippen LogP contribution is 2.38. The third-order valence-electron chi connectivity index (χ3n) is 4.19. The molecule has 3 heteroatoms.